The number of aromatic nitrogens is 3. The van der Waals surface area contributed by atoms with Crippen LogP contribution < -0.4 is 15.5 Å². The van der Waals surface area contributed by atoms with Gasteiger partial charge < -0.3 is 15.5 Å². The second-order valence-electron chi connectivity index (χ2n) is 5.57. The molecule has 7 heteroatoms. The molecule has 25 heavy (non-hydrogen) atoms. The van der Waals surface area contributed by atoms with E-state index in [1.807, 2.05) is 50.6 Å². The third-order valence-electron chi connectivity index (χ3n) is 3.59. The first-order valence-corrected chi connectivity index (χ1v) is 8.19. The highest BCUT2D eigenvalue weighted by Gasteiger charge is 2.07. The van der Waals surface area contributed by atoms with E-state index in [0.29, 0.717) is 10.8 Å². The summed E-state index contributed by atoms with van der Waals surface area (Å²) in [6, 6.07) is 9.51. The fourth-order valence-corrected chi connectivity index (χ4v) is 2.57. The van der Waals surface area contributed by atoms with Gasteiger partial charge in [0, 0.05) is 29.5 Å². The zero-order valence-corrected chi connectivity index (χ0v) is 14.8. The van der Waals surface area contributed by atoms with E-state index in [4.69, 9.17) is 11.6 Å². The summed E-state index contributed by atoms with van der Waals surface area (Å²) < 4.78 is 0. The molecule has 0 aliphatic carbocycles. The first kappa shape index (κ1) is 17.1. The number of anilines is 3. The van der Waals surface area contributed by atoms with Crippen molar-refractivity contribution < 1.29 is 0 Å². The minimum Gasteiger partial charge on any atom is -0.361 e. The SMILES string of the molecule is CNCN(C)c1cncc(-c2cncc(Nc3cccc(Cl)c3)n2)c1. The van der Waals surface area contributed by atoms with Gasteiger partial charge in [-0.05, 0) is 31.3 Å². The summed E-state index contributed by atoms with van der Waals surface area (Å²) in [6.07, 6.45) is 7.00. The van der Waals surface area contributed by atoms with Crippen LogP contribution in [-0.4, -0.2) is 35.7 Å². The normalized spacial score (nSPS) is 10.5. The van der Waals surface area contributed by atoms with Crippen LogP contribution in [-0.2, 0) is 0 Å². The highest BCUT2D eigenvalue weighted by molar-refractivity contribution is 6.30. The van der Waals surface area contributed by atoms with Crippen molar-refractivity contribution in [2.75, 3.05) is 31.0 Å². The summed E-state index contributed by atoms with van der Waals surface area (Å²) in [6.45, 7) is 0.729. The van der Waals surface area contributed by atoms with E-state index in [9.17, 15) is 0 Å². The fraction of sp³-hybridized carbons (Fsp3) is 0.167. The maximum atomic E-state index is 6.02. The molecular weight excluding hydrogens is 336 g/mol. The van der Waals surface area contributed by atoms with Gasteiger partial charge in [-0.3, -0.25) is 9.97 Å². The summed E-state index contributed by atoms with van der Waals surface area (Å²) in [5.74, 6) is 0.647. The molecule has 2 N–H and O–H groups in total. The van der Waals surface area contributed by atoms with Gasteiger partial charge in [-0.15, -0.1) is 0 Å². The molecule has 0 atom stereocenters. The second kappa shape index (κ2) is 7.92. The Labute approximate surface area is 151 Å². The van der Waals surface area contributed by atoms with Crippen LogP contribution in [0.4, 0.5) is 17.2 Å². The van der Waals surface area contributed by atoms with E-state index in [1.54, 1.807) is 18.6 Å². The molecule has 0 fully saturated rings. The molecule has 0 saturated heterocycles. The zero-order chi connectivity index (χ0) is 17.6. The number of pyridine rings is 1. The highest BCUT2D eigenvalue weighted by atomic mass is 35.5. The first-order valence-electron chi connectivity index (χ1n) is 7.81. The van der Waals surface area contributed by atoms with Gasteiger partial charge in [0.2, 0.25) is 0 Å². The number of hydrogen-bond donors (Lipinski definition) is 2. The van der Waals surface area contributed by atoms with Crippen LogP contribution in [0, 0.1) is 0 Å². The highest BCUT2D eigenvalue weighted by Crippen LogP contribution is 2.23. The van der Waals surface area contributed by atoms with E-state index < -0.39 is 0 Å². The molecule has 2 heterocycles. The van der Waals surface area contributed by atoms with Crippen LogP contribution in [0.5, 0.6) is 0 Å². The number of nitrogens with zero attached hydrogens (tertiary/aromatic N) is 4. The molecule has 2 aromatic heterocycles. The minimum atomic E-state index is 0.647. The lowest BCUT2D eigenvalue weighted by Crippen LogP contribution is -2.28. The Hall–Kier alpha value is -2.70. The Morgan fingerprint density at radius 1 is 1.08 bits per heavy atom. The van der Waals surface area contributed by atoms with Gasteiger partial charge in [-0.1, -0.05) is 17.7 Å². The zero-order valence-electron chi connectivity index (χ0n) is 14.1. The van der Waals surface area contributed by atoms with Crippen molar-refractivity contribution >= 4 is 28.8 Å². The van der Waals surface area contributed by atoms with Crippen molar-refractivity contribution in [1.29, 1.82) is 0 Å². The molecule has 0 radical (unpaired) electrons. The third kappa shape index (κ3) is 4.43. The molecule has 128 valence electrons. The topological polar surface area (TPSA) is 66.0 Å². The molecule has 6 nitrogen and oxygen atoms in total. The van der Waals surface area contributed by atoms with Crippen LogP contribution in [0.25, 0.3) is 11.3 Å². The molecule has 1 aromatic carbocycles. The molecule has 0 amide bonds. The molecule has 0 saturated carbocycles. The molecule has 0 aliphatic heterocycles. The third-order valence-corrected chi connectivity index (χ3v) is 3.82. The minimum absolute atomic E-state index is 0.647. The van der Waals surface area contributed by atoms with Crippen LogP contribution in [0.3, 0.4) is 0 Å². The van der Waals surface area contributed by atoms with Gasteiger partial charge in [-0.2, -0.15) is 0 Å². The monoisotopic (exact) mass is 354 g/mol. The number of rotatable bonds is 6. The quantitative estimate of drug-likeness (QED) is 0.660. The van der Waals surface area contributed by atoms with E-state index in [1.165, 1.54) is 0 Å². The van der Waals surface area contributed by atoms with Crippen LogP contribution >= 0.6 is 11.6 Å². The first-order chi connectivity index (χ1) is 12.2. The Kier molecular flexibility index (Phi) is 5.42. The van der Waals surface area contributed by atoms with Crippen molar-refractivity contribution in [2.45, 2.75) is 0 Å². The van der Waals surface area contributed by atoms with Crippen molar-refractivity contribution in [1.82, 2.24) is 20.3 Å². The molecular formula is C18H19ClN6. The van der Waals surface area contributed by atoms with Crippen LogP contribution in [0.2, 0.25) is 5.02 Å². The fourth-order valence-electron chi connectivity index (χ4n) is 2.38. The van der Waals surface area contributed by atoms with Gasteiger partial charge in [0.25, 0.3) is 0 Å². The van der Waals surface area contributed by atoms with Crippen molar-refractivity contribution in [2.24, 2.45) is 0 Å². The van der Waals surface area contributed by atoms with Gasteiger partial charge in [0.1, 0.15) is 5.82 Å². The average molecular weight is 355 g/mol. The van der Waals surface area contributed by atoms with E-state index in [-0.39, 0.29) is 0 Å². The lowest BCUT2D eigenvalue weighted by atomic mass is 10.2. The number of nitrogens with one attached hydrogen (secondary N) is 2. The smallest absolute Gasteiger partial charge is 0.149 e. The number of halogens is 1. The lowest BCUT2D eigenvalue weighted by Gasteiger charge is -2.18. The van der Waals surface area contributed by atoms with Crippen LogP contribution in [0.15, 0.2) is 55.1 Å². The molecule has 0 spiro atoms. The van der Waals surface area contributed by atoms with E-state index >= 15 is 0 Å². The molecule has 0 bridgehead atoms. The largest absolute Gasteiger partial charge is 0.361 e. The summed E-state index contributed by atoms with van der Waals surface area (Å²) in [5.41, 5.74) is 3.52. The number of benzene rings is 1. The van der Waals surface area contributed by atoms with Crippen molar-refractivity contribution in [3.63, 3.8) is 0 Å². The summed E-state index contributed by atoms with van der Waals surface area (Å²) in [4.78, 5) is 15.3. The standard InChI is InChI=1S/C18H19ClN6/c1-20-12-25(2)16-6-13(8-21-9-16)17-10-22-11-18(24-17)23-15-5-3-4-14(19)7-15/h3-11,20H,12H2,1-2H3,(H,23,24). The summed E-state index contributed by atoms with van der Waals surface area (Å²) in [5, 5.41) is 6.99. The second-order valence-corrected chi connectivity index (χ2v) is 6.00. The summed E-state index contributed by atoms with van der Waals surface area (Å²) >= 11 is 6.02. The van der Waals surface area contributed by atoms with Crippen molar-refractivity contribution in [3.05, 3.63) is 60.1 Å². The van der Waals surface area contributed by atoms with Gasteiger partial charge in [0.15, 0.2) is 0 Å². The Balaban J connectivity index is 1.85. The Morgan fingerprint density at radius 2 is 1.92 bits per heavy atom. The van der Waals surface area contributed by atoms with Crippen molar-refractivity contribution in [3.8, 4) is 11.3 Å². The average Bonchev–Trinajstić information content (AvgIpc) is 2.62. The lowest BCUT2D eigenvalue weighted by molar-refractivity contribution is 0.775. The van der Waals surface area contributed by atoms with E-state index in [2.05, 4.69) is 30.5 Å². The molecule has 3 rings (SSSR count). The van der Waals surface area contributed by atoms with Gasteiger partial charge in [-0.25, -0.2) is 4.98 Å². The van der Waals surface area contributed by atoms with E-state index in [0.717, 1.165) is 29.3 Å². The molecule has 3 aromatic rings. The Bertz CT molecular complexity index is 854. The Morgan fingerprint density at radius 3 is 2.72 bits per heavy atom. The van der Waals surface area contributed by atoms with Crippen LogP contribution in [0.1, 0.15) is 0 Å². The molecule has 0 aliphatic rings. The predicted molar refractivity (Wildman–Crippen MR) is 102 cm³/mol. The maximum Gasteiger partial charge on any atom is 0.149 e. The van der Waals surface area contributed by atoms with Gasteiger partial charge in [0.05, 0.1) is 36.6 Å². The van der Waals surface area contributed by atoms with Gasteiger partial charge >= 0.3 is 0 Å². The predicted octanol–water partition coefficient (Wildman–Crippen LogP) is 3.55. The maximum absolute atomic E-state index is 6.02. The molecule has 0 unspecified atom stereocenters. The number of hydrogen-bond acceptors (Lipinski definition) is 6. The summed E-state index contributed by atoms with van der Waals surface area (Å²) in [7, 11) is 3.91.